The van der Waals surface area contributed by atoms with Gasteiger partial charge in [-0.3, -0.25) is 0 Å². The largest absolute Gasteiger partial charge is 0.338 e. The number of rotatable bonds is 5. The highest BCUT2D eigenvalue weighted by Crippen LogP contribution is 2.14. The summed E-state index contributed by atoms with van der Waals surface area (Å²) in [6.07, 6.45) is 3.88. The van der Waals surface area contributed by atoms with E-state index in [1.165, 1.54) is 0 Å². The second-order valence-corrected chi connectivity index (χ2v) is 4.89. The summed E-state index contributed by atoms with van der Waals surface area (Å²) in [5.41, 5.74) is 2.15. The first-order valence-electron chi connectivity index (χ1n) is 6.85. The molecule has 108 valence electrons. The molecule has 0 fully saturated rings. The molecule has 6 nitrogen and oxygen atoms in total. The normalized spacial score (nSPS) is 12.5. The zero-order chi connectivity index (χ0) is 14.7. The lowest BCUT2D eigenvalue weighted by Gasteiger charge is -2.09. The fourth-order valence-electron chi connectivity index (χ4n) is 2.05. The third-order valence-electron chi connectivity index (χ3n) is 3.25. The van der Waals surface area contributed by atoms with Gasteiger partial charge in [0.15, 0.2) is 5.82 Å². The van der Waals surface area contributed by atoms with Crippen LogP contribution >= 0.6 is 0 Å². The third-order valence-corrected chi connectivity index (χ3v) is 3.25. The Bertz CT molecular complexity index is 704. The van der Waals surface area contributed by atoms with Crippen LogP contribution in [0.5, 0.6) is 0 Å². The first kappa shape index (κ1) is 13.5. The molecule has 1 unspecified atom stereocenters. The standard InChI is InChI=1S/C15H17N5O/c1-11(16-9-15-18-12(2)19-21-15)13-8-17-20(10-13)14-6-4-3-5-7-14/h3-8,10-11,16H,9H2,1-2H3. The average Bonchev–Trinajstić information content (AvgIpc) is 3.15. The van der Waals surface area contributed by atoms with Crippen molar-refractivity contribution in [3.8, 4) is 5.69 Å². The molecule has 0 aliphatic heterocycles. The third kappa shape index (κ3) is 3.17. The quantitative estimate of drug-likeness (QED) is 0.778. The summed E-state index contributed by atoms with van der Waals surface area (Å²) >= 11 is 0. The predicted octanol–water partition coefficient (Wildman–Crippen LogP) is 2.41. The van der Waals surface area contributed by atoms with E-state index in [0.717, 1.165) is 11.3 Å². The number of nitrogens with zero attached hydrogens (tertiary/aromatic N) is 4. The summed E-state index contributed by atoms with van der Waals surface area (Å²) in [6.45, 7) is 4.43. The summed E-state index contributed by atoms with van der Waals surface area (Å²) in [5, 5.41) is 11.5. The van der Waals surface area contributed by atoms with Crippen molar-refractivity contribution >= 4 is 0 Å². The number of aromatic nitrogens is 4. The molecule has 0 saturated carbocycles. The predicted molar refractivity (Wildman–Crippen MR) is 77.9 cm³/mol. The molecule has 2 heterocycles. The van der Waals surface area contributed by atoms with Crippen molar-refractivity contribution in [2.45, 2.75) is 26.4 Å². The van der Waals surface area contributed by atoms with Crippen molar-refractivity contribution in [1.82, 2.24) is 25.2 Å². The van der Waals surface area contributed by atoms with Crippen LogP contribution in [0.1, 0.15) is 30.2 Å². The Kier molecular flexibility index (Phi) is 3.79. The van der Waals surface area contributed by atoms with E-state index in [0.29, 0.717) is 18.3 Å². The molecule has 1 aromatic carbocycles. The van der Waals surface area contributed by atoms with Gasteiger partial charge in [0, 0.05) is 17.8 Å². The number of para-hydroxylation sites is 1. The van der Waals surface area contributed by atoms with Gasteiger partial charge in [0.1, 0.15) is 0 Å². The van der Waals surface area contributed by atoms with Crippen LogP contribution in [0.3, 0.4) is 0 Å². The van der Waals surface area contributed by atoms with Crippen LogP contribution in [-0.4, -0.2) is 19.9 Å². The molecule has 3 aromatic rings. The molecule has 1 N–H and O–H groups in total. The van der Waals surface area contributed by atoms with Gasteiger partial charge in [-0.05, 0) is 26.0 Å². The summed E-state index contributed by atoms with van der Waals surface area (Å²) in [6, 6.07) is 10.2. The Morgan fingerprint density at radius 3 is 2.81 bits per heavy atom. The Hall–Kier alpha value is -2.47. The van der Waals surface area contributed by atoms with Crippen LogP contribution in [0.25, 0.3) is 5.69 Å². The Morgan fingerprint density at radius 2 is 2.10 bits per heavy atom. The lowest BCUT2D eigenvalue weighted by atomic mass is 10.2. The first-order valence-corrected chi connectivity index (χ1v) is 6.85. The number of aryl methyl sites for hydroxylation is 1. The van der Waals surface area contributed by atoms with Crippen molar-refractivity contribution in [2.24, 2.45) is 0 Å². The molecule has 0 aliphatic rings. The second kappa shape index (κ2) is 5.88. The van der Waals surface area contributed by atoms with E-state index in [-0.39, 0.29) is 6.04 Å². The van der Waals surface area contributed by atoms with Gasteiger partial charge in [0.2, 0.25) is 5.89 Å². The number of benzene rings is 1. The van der Waals surface area contributed by atoms with Crippen molar-refractivity contribution in [1.29, 1.82) is 0 Å². The van der Waals surface area contributed by atoms with E-state index >= 15 is 0 Å². The van der Waals surface area contributed by atoms with E-state index in [1.54, 1.807) is 6.92 Å². The maximum atomic E-state index is 5.08. The minimum absolute atomic E-state index is 0.148. The van der Waals surface area contributed by atoms with E-state index in [2.05, 4.69) is 27.5 Å². The molecular weight excluding hydrogens is 266 g/mol. The van der Waals surface area contributed by atoms with Crippen molar-refractivity contribution in [3.63, 3.8) is 0 Å². The monoisotopic (exact) mass is 283 g/mol. The molecule has 0 spiro atoms. The summed E-state index contributed by atoms with van der Waals surface area (Å²) in [5.74, 6) is 1.24. The molecule has 0 saturated heterocycles. The molecule has 21 heavy (non-hydrogen) atoms. The van der Waals surface area contributed by atoms with E-state index in [1.807, 2.05) is 47.4 Å². The highest BCUT2D eigenvalue weighted by Gasteiger charge is 2.10. The average molecular weight is 283 g/mol. The van der Waals surface area contributed by atoms with Crippen LogP contribution in [0.15, 0.2) is 47.2 Å². The van der Waals surface area contributed by atoms with Crippen LogP contribution in [0.2, 0.25) is 0 Å². The highest BCUT2D eigenvalue weighted by molar-refractivity contribution is 5.31. The SMILES string of the molecule is Cc1noc(CNC(C)c2cnn(-c3ccccc3)c2)n1. The fourth-order valence-corrected chi connectivity index (χ4v) is 2.05. The van der Waals surface area contributed by atoms with Crippen molar-refractivity contribution < 1.29 is 4.52 Å². The van der Waals surface area contributed by atoms with Gasteiger partial charge in [-0.25, -0.2) is 4.68 Å². The topological polar surface area (TPSA) is 68.8 Å². The number of nitrogens with one attached hydrogen (secondary N) is 1. The minimum atomic E-state index is 0.148. The van der Waals surface area contributed by atoms with Crippen molar-refractivity contribution in [2.75, 3.05) is 0 Å². The van der Waals surface area contributed by atoms with Gasteiger partial charge in [-0.1, -0.05) is 23.4 Å². The zero-order valence-corrected chi connectivity index (χ0v) is 12.0. The maximum Gasteiger partial charge on any atom is 0.240 e. The molecule has 6 heteroatoms. The van der Waals surface area contributed by atoms with E-state index < -0.39 is 0 Å². The number of hydrogen-bond acceptors (Lipinski definition) is 5. The van der Waals surface area contributed by atoms with Gasteiger partial charge in [-0.2, -0.15) is 10.1 Å². The summed E-state index contributed by atoms with van der Waals surface area (Å²) in [7, 11) is 0. The van der Waals surface area contributed by atoms with Crippen LogP contribution in [-0.2, 0) is 6.54 Å². The van der Waals surface area contributed by atoms with Gasteiger partial charge < -0.3 is 9.84 Å². The lowest BCUT2D eigenvalue weighted by Crippen LogP contribution is -2.17. The Morgan fingerprint density at radius 1 is 1.29 bits per heavy atom. The van der Waals surface area contributed by atoms with Gasteiger partial charge in [0.25, 0.3) is 0 Å². The van der Waals surface area contributed by atoms with E-state index in [4.69, 9.17) is 4.52 Å². The Balaban J connectivity index is 1.65. The zero-order valence-electron chi connectivity index (χ0n) is 12.0. The van der Waals surface area contributed by atoms with Gasteiger partial charge in [-0.15, -0.1) is 0 Å². The minimum Gasteiger partial charge on any atom is -0.338 e. The van der Waals surface area contributed by atoms with Crippen molar-refractivity contribution in [3.05, 3.63) is 60.0 Å². The molecule has 0 aliphatic carbocycles. The smallest absolute Gasteiger partial charge is 0.240 e. The van der Waals surface area contributed by atoms with E-state index in [9.17, 15) is 0 Å². The second-order valence-electron chi connectivity index (χ2n) is 4.89. The molecule has 3 rings (SSSR count). The first-order chi connectivity index (χ1) is 10.2. The fraction of sp³-hybridized carbons (Fsp3) is 0.267. The maximum absolute atomic E-state index is 5.08. The highest BCUT2D eigenvalue weighted by atomic mass is 16.5. The molecule has 0 bridgehead atoms. The summed E-state index contributed by atoms with van der Waals surface area (Å²) in [4.78, 5) is 4.17. The van der Waals surface area contributed by atoms with Crippen LogP contribution in [0.4, 0.5) is 0 Å². The lowest BCUT2D eigenvalue weighted by molar-refractivity contribution is 0.357. The van der Waals surface area contributed by atoms with Gasteiger partial charge >= 0.3 is 0 Å². The molecule has 0 radical (unpaired) electrons. The number of hydrogen-bond donors (Lipinski definition) is 1. The molecule has 1 atom stereocenters. The summed E-state index contributed by atoms with van der Waals surface area (Å²) < 4.78 is 6.95. The Labute approximate surface area is 122 Å². The van der Waals surface area contributed by atoms with Gasteiger partial charge in [0.05, 0.1) is 18.4 Å². The van der Waals surface area contributed by atoms with Crippen LogP contribution in [0, 0.1) is 6.92 Å². The van der Waals surface area contributed by atoms with Crippen LogP contribution < -0.4 is 5.32 Å². The molecule has 0 amide bonds. The molecule has 2 aromatic heterocycles. The molecular formula is C15H17N5O.